The summed E-state index contributed by atoms with van der Waals surface area (Å²) in [6.07, 6.45) is 10.7. The highest BCUT2D eigenvalue weighted by atomic mass is 32.2. The zero-order valence-corrected chi connectivity index (χ0v) is 12.7. The van der Waals surface area contributed by atoms with Gasteiger partial charge in [-0.2, -0.15) is 0 Å². The summed E-state index contributed by atoms with van der Waals surface area (Å²) in [6, 6.07) is 0.530. The molecule has 0 aromatic carbocycles. The van der Waals surface area contributed by atoms with Crippen LogP contribution in [-0.4, -0.2) is 32.5 Å². The van der Waals surface area contributed by atoms with E-state index in [9.17, 15) is 8.42 Å². The molecule has 106 valence electrons. The molecule has 0 spiro atoms. The second kappa shape index (κ2) is 7.29. The van der Waals surface area contributed by atoms with E-state index in [4.69, 9.17) is 0 Å². The highest BCUT2D eigenvalue weighted by molar-refractivity contribution is 7.91. The molecular weight excluding hydrogens is 246 g/mol. The van der Waals surface area contributed by atoms with Gasteiger partial charge in [-0.15, -0.1) is 0 Å². The smallest absolute Gasteiger partial charge is 0.150 e. The molecule has 4 heteroatoms. The first-order valence-corrected chi connectivity index (χ1v) is 8.94. The number of hydrogen-bond acceptors (Lipinski definition) is 3. The van der Waals surface area contributed by atoms with E-state index in [1.165, 1.54) is 6.26 Å². The van der Waals surface area contributed by atoms with E-state index in [2.05, 4.69) is 31.3 Å². The van der Waals surface area contributed by atoms with Crippen molar-refractivity contribution in [2.24, 2.45) is 5.92 Å². The monoisotopic (exact) mass is 273 g/mol. The van der Waals surface area contributed by atoms with Crippen LogP contribution in [0.2, 0.25) is 0 Å². The minimum Gasteiger partial charge on any atom is -0.314 e. The molecule has 1 fully saturated rings. The van der Waals surface area contributed by atoms with E-state index in [-0.39, 0.29) is 5.25 Å². The van der Waals surface area contributed by atoms with Crippen LogP contribution >= 0.6 is 0 Å². The molecule has 0 bridgehead atoms. The number of nitrogens with one attached hydrogen (secondary N) is 1. The Labute approximate surface area is 112 Å². The number of sulfone groups is 1. The van der Waals surface area contributed by atoms with Crippen LogP contribution in [0.15, 0.2) is 12.2 Å². The predicted octanol–water partition coefficient (Wildman–Crippen LogP) is 2.53. The highest BCUT2D eigenvalue weighted by Crippen LogP contribution is 2.29. The molecule has 2 unspecified atom stereocenters. The number of allylic oxidation sites excluding steroid dienone is 1. The second-order valence-corrected chi connectivity index (χ2v) is 8.03. The summed E-state index contributed by atoms with van der Waals surface area (Å²) >= 11 is 0. The first-order chi connectivity index (χ1) is 8.39. The largest absolute Gasteiger partial charge is 0.314 e. The molecule has 1 saturated carbocycles. The van der Waals surface area contributed by atoms with Gasteiger partial charge in [0.2, 0.25) is 0 Å². The Bertz CT molecular complexity index is 360. The second-order valence-electron chi connectivity index (χ2n) is 5.70. The molecule has 1 rings (SSSR count). The van der Waals surface area contributed by atoms with Gasteiger partial charge in [0.05, 0.1) is 5.25 Å². The molecule has 1 aliphatic rings. The van der Waals surface area contributed by atoms with E-state index in [0.29, 0.717) is 12.0 Å². The minimum atomic E-state index is -2.85. The van der Waals surface area contributed by atoms with Crippen molar-refractivity contribution in [3.8, 4) is 0 Å². The maximum Gasteiger partial charge on any atom is 0.150 e. The van der Waals surface area contributed by atoms with Gasteiger partial charge in [-0.05, 0) is 38.1 Å². The summed E-state index contributed by atoms with van der Waals surface area (Å²) in [4.78, 5) is 0. The van der Waals surface area contributed by atoms with Gasteiger partial charge in [0.25, 0.3) is 0 Å². The van der Waals surface area contributed by atoms with Gasteiger partial charge in [0.15, 0.2) is 0 Å². The van der Waals surface area contributed by atoms with Crippen molar-refractivity contribution < 1.29 is 8.42 Å². The van der Waals surface area contributed by atoms with Crippen molar-refractivity contribution in [1.29, 1.82) is 0 Å². The van der Waals surface area contributed by atoms with Crippen LogP contribution in [0.3, 0.4) is 0 Å². The fraction of sp³-hybridized carbons (Fsp3) is 0.857. The summed E-state index contributed by atoms with van der Waals surface area (Å²) in [5.74, 6) is 0.456. The molecule has 2 atom stereocenters. The molecule has 0 radical (unpaired) electrons. The third-order valence-electron chi connectivity index (χ3n) is 3.54. The summed E-state index contributed by atoms with van der Waals surface area (Å²) in [7, 11) is -2.85. The first-order valence-electron chi connectivity index (χ1n) is 6.98. The van der Waals surface area contributed by atoms with Crippen LogP contribution < -0.4 is 5.32 Å². The lowest BCUT2D eigenvalue weighted by molar-refractivity contribution is 0.413. The molecule has 3 nitrogen and oxygen atoms in total. The van der Waals surface area contributed by atoms with Crippen molar-refractivity contribution in [3.05, 3.63) is 12.2 Å². The lowest BCUT2D eigenvalue weighted by Crippen LogP contribution is -2.26. The molecule has 18 heavy (non-hydrogen) atoms. The van der Waals surface area contributed by atoms with Crippen molar-refractivity contribution in [1.82, 2.24) is 5.32 Å². The Hall–Kier alpha value is -0.350. The van der Waals surface area contributed by atoms with E-state index in [1.807, 2.05) is 0 Å². The van der Waals surface area contributed by atoms with Gasteiger partial charge >= 0.3 is 0 Å². The van der Waals surface area contributed by atoms with Gasteiger partial charge in [-0.25, -0.2) is 8.42 Å². The van der Waals surface area contributed by atoms with Gasteiger partial charge in [0, 0.05) is 12.3 Å². The highest BCUT2D eigenvalue weighted by Gasteiger charge is 2.27. The summed E-state index contributed by atoms with van der Waals surface area (Å²) < 4.78 is 23.1. The minimum absolute atomic E-state index is 0.116. The molecular formula is C14H27NO2S. The Morgan fingerprint density at radius 3 is 2.67 bits per heavy atom. The van der Waals surface area contributed by atoms with Crippen LogP contribution in [-0.2, 0) is 9.84 Å². The summed E-state index contributed by atoms with van der Waals surface area (Å²) in [5, 5.41) is 3.25. The van der Waals surface area contributed by atoms with Gasteiger partial charge in [-0.3, -0.25) is 0 Å². The third kappa shape index (κ3) is 6.01. The average Bonchev–Trinajstić information content (AvgIpc) is 2.27. The maximum absolute atomic E-state index is 11.5. The van der Waals surface area contributed by atoms with Crippen molar-refractivity contribution in [2.75, 3.05) is 12.8 Å². The molecule has 1 N–H and O–H groups in total. The molecule has 0 amide bonds. The van der Waals surface area contributed by atoms with Crippen LogP contribution in [0.1, 0.15) is 46.0 Å². The Balaban J connectivity index is 2.32. The SMILES string of the molecule is CC(C)NCCC=CC1CCCC(S(C)(=O)=O)C1. The molecule has 0 aromatic rings. The standard InChI is InChI=1S/C14H27NO2S/c1-12(2)15-10-5-4-7-13-8-6-9-14(11-13)18(3,16)17/h4,7,12-15H,5-6,8-11H2,1-3H3. The molecule has 0 aromatic heterocycles. The summed E-state index contributed by atoms with van der Waals surface area (Å²) in [5.41, 5.74) is 0. The fourth-order valence-electron chi connectivity index (χ4n) is 2.49. The number of rotatable bonds is 6. The lowest BCUT2D eigenvalue weighted by Gasteiger charge is -2.25. The molecule has 0 heterocycles. The van der Waals surface area contributed by atoms with Crippen molar-refractivity contribution >= 4 is 9.84 Å². The Kier molecular flexibility index (Phi) is 6.36. The third-order valence-corrected chi connectivity index (χ3v) is 5.18. The quantitative estimate of drug-likeness (QED) is 0.597. The average molecular weight is 273 g/mol. The number of hydrogen-bond donors (Lipinski definition) is 1. The topological polar surface area (TPSA) is 46.2 Å². The van der Waals surface area contributed by atoms with Crippen LogP contribution in [0.4, 0.5) is 0 Å². The zero-order valence-electron chi connectivity index (χ0n) is 11.9. The van der Waals surface area contributed by atoms with E-state index >= 15 is 0 Å². The van der Waals surface area contributed by atoms with Crippen LogP contribution in [0, 0.1) is 5.92 Å². The van der Waals surface area contributed by atoms with Crippen molar-refractivity contribution in [2.45, 2.75) is 57.2 Å². The maximum atomic E-state index is 11.5. The van der Waals surface area contributed by atoms with Crippen molar-refractivity contribution in [3.63, 3.8) is 0 Å². The van der Waals surface area contributed by atoms with E-state index in [1.54, 1.807) is 0 Å². The molecule has 0 aliphatic heterocycles. The first kappa shape index (κ1) is 15.7. The van der Waals surface area contributed by atoms with Gasteiger partial charge in [-0.1, -0.05) is 32.4 Å². The normalized spacial score (nSPS) is 26.0. The molecule has 0 saturated heterocycles. The fourth-order valence-corrected chi connectivity index (χ4v) is 3.68. The molecule has 1 aliphatic carbocycles. The van der Waals surface area contributed by atoms with E-state index in [0.717, 1.165) is 38.6 Å². The van der Waals surface area contributed by atoms with Crippen LogP contribution in [0.25, 0.3) is 0 Å². The Morgan fingerprint density at radius 2 is 2.06 bits per heavy atom. The zero-order chi connectivity index (χ0) is 13.6. The predicted molar refractivity (Wildman–Crippen MR) is 77.5 cm³/mol. The van der Waals surface area contributed by atoms with Crippen LogP contribution in [0.5, 0.6) is 0 Å². The van der Waals surface area contributed by atoms with Gasteiger partial charge < -0.3 is 5.32 Å². The lowest BCUT2D eigenvalue weighted by atomic mass is 9.88. The van der Waals surface area contributed by atoms with Gasteiger partial charge in [0.1, 0.15) is 9.84 Å². The van der Waals surface area contributed by atoms with E-state index < -0.39 is 9.84 Å². The Morgan fingerprint density at radius 1 is 1.33 bits per heavy atom. The summed E-state index contributed by atoms with van der Waals surface area (Å²) in [6.45, 7) is 5.28.